The van der Waals surface area contributed by atoms with E-state index in [1.165, 1.54) is 10.8 Å². The lowest BCUT2D eigenvalue weighted by atomic mass is 9.87. The highest BCUT2D eigenvalue weighted by Gasteiger charge is 2.24. The van der Waals surface area contributed by atoms with Gasteiger partial charge in [0.15, 0.2) is 0 Å². The molecule has 1 aromatic rings. The molecule has 4 heteroatoms. The van der Waals surface area contributed by atoms with Gasteiger partial charge in [0.2, 0.25) is 0 Å². The summed E-state index contributed by atoms with van der Waals surface area (Å²) in [6.45, 7) is 6.61. The van der Waals surface area contributed by atoms with E-state index in [1.807, 2.05) is 6.07 Å². The van der Waals surface area contributed by atoms with Crippen molar-refractivity contribution in [1.29, 1.82) is 0 Å². The SMILES string of the molecule is CO[SiH](OC)c1ccc(Br)cc1C(C)(C)C. The zero-order valence-electron chi connectivity index (χ0n) is 10.5. The molecule has 0 unspecified atom stereocenters. The van der Waals surface area contributed by atoms with Crippen LogP contribution in [0.3, 0.4) is 0 Å². The Morgan fingerprint density at radius 1 is 1.12 bits per heavy atom. The van der Waals surface area contributed by atoms with Gasteiger partial charge in [-0.25, -0.2) is 0 Å². The van der Waals surface area contributed by atoms with Crippen LogP contribution in [-0.4, -0.2) is 23.5 Å². The highest BCUT2D eigenvalue weighted by atomic mass is 79.9. The first kappa shape index (κ1) is 13.9. The molecule has 0 heterocycles. The van der Waals surface area contributed by atoms with E-state index in [1.54, 1.807) is 14.2 Å². The van der Waals surface area contributed by atoms with E-state index >= 15 is 0 Å². The summed E-state index contributed by atoms with van der Waals surface area (Å²) in [5.74, 6) is 0. The van der Waals surface area contributed by atoms with Crippen LogP contribution >= 0.6 is 15.9 Å². The van der Waals surface area contributed by atoms with Crippen LogP contribution in [0.15, 0.2) is 22.7 Å². The fourth-order valence-electron chi connectivity index (χ4n) is 1.73. The van der Waals surface area contributed by atoms with Gasteiger partial charge in [-0.3, -0.25) is 0 Å². The summed E-state index contributed by atoms with van der Waals surface area (Å²) in [7, 11) is 1.70. The summed E-state index contributed by atoms with van der Waals surface area (Å²) in [5, 5.41) is 1.22. The van der Waals surface area contributed by atoms with Gasteiger partial charge in [-0.1, -0.05) is 42.8 Å². The Balaban J connectivity index is 3.27. The molecule has 0 fully saturated rings. The largest absolute Gasteiger partial charge is 0.397 e. The first-order valence-electron chi connectivity index (χ1n) is 5.25. The van der Waals surface area contributed by atoms with Crippen molar-refractivity contribution < 1.29 is 8.85 Å². The van der Waals surface area contributed by atoms with Crippen molar-refractivity contribution in [2.75, 3.05) is 14.2 Å². The molecule has 0 atom stereocenters. The normalized spacial score (nSPS) is 12.2. The van der Waals surface area contributed by atoms with Crippen molar-refractivity contribution in [1.82, 2.24) is 0 Å². The maximum Gasteiger partial charge on any atom is 0.355 e. The minimum Gasteiger partial charge on any atom is -0.397 e. The van der Waals surface area contributed by atoms with E-state index in [0.29, 0.717) is 0 Å². The number of hydrogen-bond donors (Lipinski definition) is 0. The van der Waals surface area contributed by atoms with Crippen molar-refractivity contribution in [3.05, 3.63) is 28.2 Å². The van der Waals surface area contributed by atoms with Gasteiger partial charge in [-0.2, -0.15) is 0 Å². The number of rotatable bonds is 3. The number of benzene rings is 1. The molecule has 0 saturated carbocycles. The zero-order valence-corrected chi connectivity index (χ0v) is 13.2. The average molecular weight is 303 g/mol. The van der Waals surface area contributed by atoms with Crippen molar-refractivity contribution in [2.24, 2.45) is 0 Å². The quantitative estimate of drug-likeness (QED) is 0.799. The summed E-state index contributed by atoms with van der Waals surface area (Å²) < 4.78 is 12.0. The lowest BCUT2D eigenvalue weighted by Gasteiger charge is -2.25. The second kappa shape index (κ2) is 5.45. The molecule has 0 amide bonds. The maximum atomic E-state index is 5.46. The highest BCUT2D eigenvalue weighted by Crippen LogP contribution is 2.24. The van der Waals surface area contributed by atoms with Crippen LogP contribution in [-0.2, 0) is 14.3 Å². The van der Waals surface area contributed by atoms with E-state index in [0.717, 1.165) is 4.47 Å². The Morgan fingerprint density at radius 2 is 1.69 bits per heavy atom. The average Bonchev–Trinajstić information content (AvgIpc) is 2.20. The van der Waals surface area contributed by atoms with Gasteiger partial charge in [0.05, 0.1) is 0 Å². The Bertz CT molecular complexity index is 357. The number of halogens is 1. The zero-order chi connectivity index (χ0) is 12.3. The molecule has 16 heavy (non-hydrogen) atoms. The van der Waals surface area contributed by atoms with Crippen molar-refractivity contribution in [3.63, 3.8) is 0 Å². The van der Waals surface area contributed by atoms with Crippen LogP contribution in [0.2, 0.25) is 0 Å². The van der Waals surface area contributed by atoms with Crippen molar-refractivity contribution in [3.8, 4) is 0 Å². The predicted molar refractivity (Wildman–Crippen MR) is 73.6 cm³/mol. The molecule has 0 aliphatic heterocycles. The first-order valence-corrected chi connectivity index (χ1v) is 7.57. The molecule has 0 aromatic heterocycles. The Morgan fingerprint density at radius 3 is 2.12 bits per heavy atom. The third-order valence-electron chi connectivity index (χ3n) is 2.51. The molecule has 0 N–H and O–H groups in total. The van der Waals surface area contributed by atoms with Crippen molar-refractivity contribution >= 4 is 30.4 Å². The van der Waals surface area contributed by atoms with Gasteiger partial charge in [-0.15, -0.1) is 0 Å². The molecule has 1 rings (SSSR count). The van der Waals surface area contributed by atoms with Gasteiger partial charge in [-0.05, 0) is 28.3 Å². The van der Waals surface area contributed by atoms with E-state index in [-0.39, 0.29) is 5.41 Å². The Kier molecular flexibility index (Phi) is 4.73. The molecular formula is C12H19BrO2Si. The number of hydrogen-bond acceptors (Lipinski definition) is 2. The second-order valence-electron chi connectivity index (χ2n) is 4.78. The minimum atomic E-state index is -1.73. The Labute approximate surface area is 108 Å². The third kappa shape index (κ3) is 3.17. The van der Waals surface area contributed by atoms with Crippen molar-refractivity contribution in [2.45, 2.75) is 26.2 Å². The van der Waals surface area contributed by atoms with Gasteiger partial charge < -0.3 is 8.85 Å². The fraction of sp³-hybridized carbons (Fsp3) is 0.500. The van der Waals surface area contributed by atoms with Crippen LogP contribution in [0.25, 0.3) is 0 Å². The van der Waals surface area contributed by atoms with Gasteiger partial charge in [0, 0.05) is 18.7 Å². The van der Waals surface area contributed by atoms with Gasteiger partial charge in [0.1, 0.15) is 0 Å². The van der Waals surface area contributed by atoms with Gasteiger partial charge in [0.25, 0.3) is 0 Å². The van der Waals surface area contributed by atoms with Crippen LogP contribution in [0.5, 0.6) is 0 Å². The molecule has 2 nitrogen and oxygen atoms in total. The lowest BCUT2D eigenvalue weighted by Crippen LogP contribution is -2.40. The summed E-state index contributed by atoms with van der Waals surface area (Å²) >= 11 is 3.52. The van der Waals surface area contributed by atoms with E-state index in [4.69, 9.17) is 8.85 Å². The third-order valence-corrected chi connectivity index (χ3v) is 4.87. The van der Waals surface area contributed by atoms with Crippen LogP contribution in [0.4, 0.5) is 0 Å². The molecule has 0 spiro atoms. The molecule has 0 aliphatic rings. The second-order valence-corrected chi connectivity index (χ2v) is 7.93. The molecule has 0 bridgehead atoms. The summed E-state index contributed by atoms with van der Waals surface area (Å²) in [6, 6.07) is 6.31. The smallest absolute Gasteiger partial charge is 0.355 e. The molecule has 0 saturated heterocycles. The molecule has 1 aromatic carbocycles. The monoisotopic (exact) mass is 302 g/mol. The molecular weight excluding hydrogens is 284 g/mol. The van der Waals surface area contributed by atoms with E-state index in [2.05, 4.69) is 48.8 Å². The van der Waals surface area contributed by atoms with E-state index < -0.39 is 9.28 Å². The summed E-state index contributed by atoms with van der Waals surface area (Å²) in [6.07, 6.45) is 0. The summed E-state index contributed by atoms with van der Waals surface area (Å²) in [4.78, 5) is 0. The topological polar surface area (TPSA) is 18.5 Å². The Hall–Kier alpha value is -0.163. The molecule has 0 aliphatic carbocycles. The first-order chi connectivity index (χ1) is 7.40. The predicted octanol–water partition coefficient (Wildman–Crippen LogP) is 2.47. The van der Waals surface area contributed by atoms with Crippen LogP contribution in [0.1, 0.15) is 26.3 Å². The molecule has 90 valence electrons. The van der Waals surface area contributed by atoms with E-state index in [9.17, 15) is 0 Å². The van der Waals surface area contributed by atoms with Crippen LogP contribution in [0, 0.1) is 0 Å². The maximum absolute atomic E-state index is 5.46. The summed E-state index contributed by atoms with van der Waals surface area (Å²) in [5.41, 5.74) is 1.39. The minimum absolute atomic E-state index is 0.0986. The fourth-order valence-corrected chi connectivity index (χ4v) is 3.82. The standard InChI is InChI=1S/C12H19BrO2Si/c1-12(2,3)10-8-9(13)6-7-11(10)16(14-4)15-5/h6-8,16H,1-5H3. The highest BCUT2D eigenvalue weighted by molar-refractivity contribution is 9.10. The molecule has 0 radical (unpaired) electrons. The van der Waals surface area contributed by atoms with Crippen LogP contribution < -0.4 is 5.19 Å². The van der Waals surface area contributed by atoms with Gasteiger partial charge >= 0.3 is 9.28 Å². The lowest BCUT2D eigenvalue weighted by molar-refractivity contribution is 0.291.